The third kappa shape index (κ3) is 3.52. The summed E-state index contributed by atoms with van der Waals surface area (Å²) in [6.07, 6.45) is 4.21. The predicted octanol–water partition coefficient (Wildman–Crippen LogP) is 2.75. The van der Waals surface area contributed by atoms with E-state index in [2.05, 4.69) is 41.4 Å². The van der Waals surface area contributed by atoms with Crippen molar-refractivity contribution in [2.75, 3.05) is 38.3 Å². The fourth-order valence-corrected chi connectivity index (χ4v) is 3.80. The first kappa shape index (κ1) is 16.3. The van der Waals surface area contributed by atoms with E-state index in [0.717, 1.165) is 45.3 Å². The number of anilines is 1. The summed E-state index contributed by atoms with van der Waals surface area (Å²) >= 11 is 0. The van der Waals surface area contributed by atoms with Crippen molar-refractivity contribution in [2.45, 2.75) is 32.6 Å². The van der Waals surface area contributed by atoms with Gasteiger partial charge in [0.25, 0.3) is 0 Å². The summed E-state index contributed by atoms with van der Waals surface area (Å²) in [5.74, 6) is 0.735. The van der Waals surface area contributed by atoms with Gasteiger partial charge >= 0.3 is 0 Å². The van der Waals surface area contributed by atoms with E-state index in [-0.39, 0.29) is 11.3 Å². The highest BCUT2D eigenvalue weighted by Crippen LogP contribution is 2.41. The van der Waals surface area contributed by atoms with Crippen molar-refractivity contribution in [2.24, 2.45) is 11.3 Å². The van der Waals surface area contributed by atoms with Gasteiger partial charge in [-0.05, 0) is 49.8 Å². The lowest BCUT2D eigenvalue weighted by atomic mass is 9.68. The zero-order chi connectivity index (χ0) is 16.3. The van der Waals surface area contributed by atoms with Gasteiger partial charge in [0.05, 0.1) is 12.0 Å². The smallest absolute Gasteiger partial charge is 0.228 e. The van der Waals surface area contributed by atoms with E-state index in [1.165, 1.54) is 11.3 Å². The van der Waals surface area contributed by atoms with Crippen LogP contribution in [0.4, 0.5) is 5.69 Å². The third-order valence-electron chi connectivity index (χ3n) is 5.42. The molecule has 1 aromatic carbocycles. The standard InChI is InChI=1S/C19H28N2O2/c1-15-5-3-6-17(11-15)21-10-7-16(13-21)12-20-18(22)19(14-23-2)8-4-9-19/h3,5-6,11,16H,4,7-10,12-14H2,1-2H3,(H,20,22)/t16-/m1/s1. The highest BCUT2D eigenvalue weighted by atomic mass is 16.5. The largest absolute Gasteiger partial charge is 0.384 e. The molecule has 1 aliphatic heterocycles. The molecule has 0 radical (unpaired) electrons. The van der Waals surface area contributed by atoms with Gasteiger partial charge < -0.3 is 15.0 Å². The first-order chi connectivity index (χ1) is 11.1. The Morgan fingerprint density at radius 1 is 1.43 bits per heavy atom. The molecule has 1 saturated heterocycles. The molecule has 2 fully saturated rings. The average molecular weight is 316 g/mol. The van der Waals surface area contributed by atoms with Crippen LogP contribution in [0.3, 0.4) is 0 Å². The summed E-state index contributed by atoms with van der Waals surface area (Å²) in [7, 11) is 1.68. The second-order valence-electron chi connectivity index (χ2n) is 7.22. The van der Waals surface area contributed by atoms with E-state index < -0.39 is 0 Å². The fourth-order valence-electron chi connectivity index (χ4n) is 3.80. The van der Waals surface area contributed by atoms with Crippen LogP contribution in [-0.4, -0.2) is 39.3 Å². The van der Waals surface area contributed by atoms with Crippen molar-refractivity contribution in [3.8, 4) is 0 Å². The number of amides is 1. The molecule has 4 nitrogen and oxygen atoms in total. The quantitative estimate of drug-likeness (QED) is 0.877. The van der Waals surface area contributed by atoms with E-state index in [9.17, 15) is 4.79 Å². The Balaban J connectivity index is 1.49. The normalized spacial score (nSPS) is 22.7. The molecule has 4 heteroatoms. The predicted molar refractivity (Wildman–Crippen MR) is 92.7 cm³/mol. The van der Waals surface area contributed by atoms with E-state index in [4.69, 9.17) is 4.74 Å². The summed E-state index contributed by atoms with van der Waals surface area (Å²) < 4.78 is 5.26. The summed E-state index contributed by atoms with van der Waals surface area (Å²) in [5.41, 5.74) is 2.35. The number of carbonyl (C=O) groups is 1. The first-order valence-corrected chi connectivity index (χ1v) is 8.72. The topological polar surface area (TPSA) is 41.6 Å². The highest BCUT2D eigenvalue weighted by molar-refractivity contribution is 5.83. The highest BCUT2D eigenvalue weighted by Gasteiger charge is 2.44. The Morgan fingerprint density at radius 3 is 2.91 bits per heavy atom. The monoisotopic (exact) mass is 316 g/mol. The Bertz CT molecular complexity index is 554. The molecule has 0 spiro atoms. The zero-order valence-corrected chi connectivity index (χ0v) is 14.3. The van der Waals surface area contributed by atoms with Gasteiger partial charge in [0.2, 0.25) is 5.91 Å². The Hall–Kier alpha value is -1.55. The maximum absolute atomic E-state index is 12.5. The minimum Gasteiger partial charge on any atom is -0.384 e. The van der Waals surface area contributed by atoms with Crippen LogP contribution in [0.15, 0.2) is 24.3 Å². The maximum atomic E-state index is 12.5. The lowest BCUT2D eigenvalue weighted by Crippen LogP contribution is -2.49. The van der Waals surface area contributed by atoms with Crippen molar-refractivity contribution in [3.63, 3.8) is 0 Å². The van der Waals surface area contributed by atoms with Crippen LogP contribution in [-0.2, 0) is 9.53 Å². The zero-order valence-electron chi connectivity index (χ0n) is 14.3. The van der Waals surface area contributed by atoms with Crippen LogP contribution in [0.5, 0.6) is 0 Å². The van der Waals surface area contributed by atoms with Crippen LogP contribution >= 0.6 is 0 Å². The van der Waals surface area contributed by atoms with Crippen LogP contribution in [0.1, 0.15) is 31.2 Å². The maximum Gasteiger partial charge on any atom is 0.228 e. The molecule has 0 aromatic heterocycles. The molecule has 1 amide bonds. The number of aryl methyl sites for hydroxylation is 1. The van der Waals surface area contributed by atoms with Gasteiger partial charge in [-0.2, -0.15) is 0 Å². The van der Waals surface area contributed by atoms with Crippen molar-refractivity contribution < 1.29 is 9.53 Å². The van der Waals surface area contributed by atoms with Gasteiger partial charge in [-0.15, -0.1) is 0 Å². The molecule has 3 rings (SSSR count). The van der Waals surface area contributed by atoms with Gasteiger partial charge in [0.15, 0.2) is 0 Å². The molecule has 126 valence electrons. The lowest BCUT2D eigenvalue weighted by molar-refractivity contribution is -0.140. The SMILES string of the molecule is COCC1(C(=O)NC[C@H]2CCN(c3cccc(C)c3)C2)CCC1. The number of benzene rings is 1. The first-order valence-electron chi connectivity index (χ1n) is 8.72. The number of hydrogen-bond acceptors (Lipinski definition) is 3. The number of carbonyl (C=O) groups excluding carboxylic acids is 1. The molecule has 1 N–H and O–H groups in total. The van der Waals surface area contributed by atoms with Gasteiger partial charge in [0.1, 0.15) is 0 Å². The molecule has 0 bridgehead atoms. The minimum atomic E-state index is -0.246. The molecule has 1 atom stereocenters. The van der Waals surface area contributed by atoms with Gasteiger partial charge in [-0.1, -0.05) is 18.6 Å². The van der Waals surface area contributed by atoms with Crippen molar-refractivity contribution in [1.29, 1.82) is 0 Å². The van der Waals surface area contributed by atoms with Crippen molar-refractivity contribution in [3.05, 3.63) is 29.8 Å². The lowest BCUT2D eigenvalue weighted by Gasteiger charge is -2.39. The number of nitrogens with one attached hydrogen (secondary N) is 1. The van der Waals surface area contributed by atoms with E-state index in [1.54, 1.807) is 7.11 Å². The Morgan fingerprint density at radius 2 is 2.26 bits per heavy atom. The summed E-state index contributed by atoms with van der Waals surface area (Å²) in [6, 6.07) is 8.66. The van der Waals surface area contributed by atoms with Gasteiger partial charge in [-0.3, -0.25) is 4.79 Å². The summed E-state index contributed by atoms with van der Waals surface area (Å²) in [5, 5.41) is 3.19. The van der Waals surface area contributed by atoms with Gasteiger partial charge in [0, 0.05) is 32.4 Å². The number of nitrogens with zero attached hydrogens (tertiary/aromatic N) is 1. The number of hydrogen-bond donors (Lipinski definition) is 1. The van der Waals surface area contributed by atoms with E-state index in [1.807, 2.05) is 0 Å². The molecular weight excluding hydrogens is 288 g/mol. The number of ether oxygens (including phenoxy) is 1. The molecule has 2 aliphatic rings. The Labute approximate surface area is 139 Å². The minimum absolute atomic E-state index is 0.194. The molecule has 0 unspecified atom stereocenters. The summed E-state index contributed by atoms with van der Waals surface area (Å²) in [4.78, 5) is 14.9. The van der Waals surface area contributed by atoms with Crippen molar-refractivity contribution >= 4 is 11.6 Å². The number of methoxy groups -OCH3 is 1. The van der Waals surface area contributed by atoms with E-state index in [0.29, 0.717) is 12.5 Å². The van der Waals surface area contributed by atoms with Crippen LogP contribution < -0.4 is 10.2 Å². The van der Waals surface area contributed by atoms with E-state index >= 15 is 0 Å². The summed E-state index contributed by atoms with van der Waals surface area (Å²) in [6.45, 7) is 5.57. The second kappa shape index (κ2) is 6.91. The fraction of sp³-hybridized carbons (Fsp3) is 0.632. The van der Waals surface area contributed by atoms with Crippen LogP contribution in [0.2, 0.25) is 0 Å². The molecule has 1 saturated carbocycles. The molecule has 1 heterocycles. The second-order valence-corrected chi connectivity index (χ2v) is 7.22. The van der Waals surface area contributed by atoms with Crippen LogP contribution in [0, 0.1) is 18.3 Å². The average Bonchev–Trinajstić information content (AvgIpc) is 2.97. The molecule has 1 aliphatic carbocycles. The Kier molecular flexibility index (Phi) is 4.90. The third-order valence-corrected chi connectivity index (χ3v) is 5.42. The van der Waals surface area contributed by atoms with Crippen LogP contribution in [0.25, 0.3) is 0 Å². The van der Waals surface area contributed by atoms with Gasteiger partial charge in [-0.25, -0.2) is 0 Å². The molecular formula is C19H28N2O2. The molecule has 1 aromatic rings. The van der Waals surface area contributed by atoms with Crippen molar-refractivity contribution in [1.82, 2.24) is 5.32 Å². The molecule has 23 heavy (non-hydrogen) atoms. The number of rotatable bonds is 6.